The molecule has 1 fully saturated rings. The average Bonchev–Trinajstić information content (AvgIpc) is 2.05. The maximum Gasteiger partial charge on any atom is 1.00 e. The van der Waals surface area contributed by atoms with Gasteiger partial charge in [0.1, 0.15) is 0 Å². The zero-order valence-electron chi connectivity index (χ0n) is 7.66. The summed E-state index contributed by atoms with van der Waals surface area (Å²) in [6.45, 7) is 4.30. The zero-order valence-corrected chi connectivity index (χ0v) is 10.8. The van der Waals surface area contributed by atoms with E-state index in [2.05, 4.69) is 15.2 Å². The van der Waals surface area contributed by atoms with Crippen molar-refractivity contribution in [1.29, 1.82) is 0 Å². The van der Waals surface area contributed by atoms with Gasteiger partial charge in [-0.2, -0.15) is 0 Å². The van der Waals surface area contributed by atoms with Crippen molar-refractivity contribution in [3.63, 3.8) is 0 Å². The molecule has 0 saturated carbocycles. The Labute approximate surface area is 118 Å². The third kappa shape index (κ3) is 3.03. The van der Waals surface area contributed by atoms with E-state index in [-0.39, 0.29) is 59.8 Å². The number of aliphatic imine (C=N–C) groups is 1. The molecule has 0 aliphatic carbocycles. The number of hydrogen-bond donors (Lipinski definition) is 0. The van der Waals surface area contributed by atoms with Crippen molar-refractivity contribution in [2.75, 3.05) is 26.2 Å². The van der Waals surface area contributed by atoms with E-state index in [0.717, 1.165) is 19.0 Å². The molecule has 0 N–H and O–H groups in total. The van der Waals surface area contributed by atoms with Crippen LogP contribution in [0.2, 0.25) is 0 Å². The Bertz CT molecular complexity index is 163. The summed E-state index contributed by atoms with van der Waals surface area (Å²) in [5, 5.41) is 4.33. The second kappa shape index (κ2) is 6.43. The molecule has 2 heterocycles. The zero-order chi connectivity index (χ0) is 6.81. The molecule has 0 amide bonds. The minimum absolute atomic E-state index is 0. The van der Waals surface area contributed by atoms with Crippen molar-refractivity contribution in [3.05, 3.63) is 5.32 Å². The van der Waals surface area contributed by atoms with Crippen molar-refractivity contribution in [2.45, 2.75) is 12.8 Å². The summed E-state index contributed by atoms with van der Waals surface area (Å²) >= 11 is 0. The predicted octanol–water partition coefficient (Wildman–Crippen LogP) is -2.55. The van der Waals surface area contributed by atoms with Gasteiger partial charge in [-0.3, -0.25) is 0 Å². The van der Waals surface area contributed by atoms with Gasteiger partial charge in [-0.25, -0.2) is 0 Å². The maximum absolute atomic E-state index is 4.33. The summed E-state index contributed by atoms with van der Waals surface area (Å²) in [6.07, 6.45) is 2.41. The van der Waals surface area contributed by atoms with E-state index in [0.29, 0.717) is 0 Å². The van der Waals surface area contributed by atoms with Crippen molar-refractivity contribution in [2.24, 2.45) is 4.99 Å². The van der Waals surface area contributed by atoms with E-state index in [1.165, 1.54) is 25.9 Å². The summed E-state index contributed by atoms with van der Waals surface area (Å²) in [4.78, 5) is 6.61. The van der Waals surface area contributed by atoms with Crippen LogP contribution in [0.1, 0.15) is 12.8 Å². The van der Waals surface area contributed by atoms with Gasteiger partial charge in [0.15, 0.2) is 0 Å². The monoisotopic (exact) mass is 188 g/mol. The van der Waals surface area contributed by atoms with Crippen molar-refractivity contribution in [3.8, 4) is 0 Å². The second-order valence-corrected chi connectivity index (χ2v) is 2.76. The molecule has 60 valence electrons. The first-order chi connectivity index (χ1) is 4.97. The second-order valence-electron chi connectivity index (χ2n) is 2.76. The summed E-state index contributed by atoms with van der Waals surface area (Å²) < 4.78 is 0. The Balaban J connectivity index is 0.000000605. The minimum Gasteiger partial charge on any atom is -1.00 e. The molecule has 5 heteroatoms. The Kier molecular flexibility index (Phi) is 6.95. The standard InChI is InChI=1S/C7H12N3.B.K/c1-3-8-7-9-4-2-6-10(7)5-1;;/h1-6H2;;/q2*-1;+1. The van der Waals surface area contributed by atoms with Gasteiger partial charge in [-0.15, -0.1) is 0 Å². The summed E-state index contributed by atoms with van der Waals surface area (Å²) in [7, 11) is 0. The molecule has 2 aliphatic heterocycles. The van der Waals surface area contributed by atoms with Crippen LogP contribution in [0.25, 0.3) is 5.32 Å². The quantitative estimate of drug-likeness (QED) is 0.385. The molecule has 0 aromatic heterocycles. The van der Waals surface area contributed by atoms with Crippen LogP contribution >= 0.6 is 0 Å². The molecule has 0 aromatic rings. The third-order valence-corrected chi connectivity index (χ3v) is 1.96. The molecule has 0 aromatic carbocycles. The fourth-order valence-corrected chi connectivity index (χ4v) is 1.44. The van der Waals surface area contributed by atoms with E-state index in [4.69, 9.17) is 0 Å². The smallest absolute Gasteiger partial charge is 1.00 e. The van der Waals surface area contributed by atoms with Crippen LogP contribution in [-0.2, 0) is 0 Å². The molecule has 1 saturated heterocycles. The molecular weight excluding hydrogens is 176 g/mol. The first kappa shape index (κ1) is 13.0. The van der Waals surface area contributed by atoms with E-state index in [9.17, 15) is 0 Å². The fourth-order valence-electron chi connectivity index (χ4n) is 1.44. The Hall–Kier alpha value is 0.971. The molecule has 0 bridgehead atoms. The molecule has 0 spiro atoms. The van der Waals surface area contributed by atoms with Crippen LogP contribution in [0.15, 0.2) is 4.99 Å². The van der Waals surface area contributed by atoms with Gasteiger partial charge in [0.25, 0.3) is 0 Å². The van der Waals surface area contributed by atoms with Crippen LogP contribution in [0, 0.1) is 0 Å². The molecule has 3 nitrogen and oxygen atoms in total. The van der Waals surface area contributed by atoms with Crippen LogP contribution < -0.4 is 51.4 Å². The van der Waals surface area contributed by atoms with E-state index in [1.807, 2.05) is 0 Å². The largest absolute Gasteiger partial charge is 1.00 e. The topological polar surface area (TPSA) is 29.7 Å². The molecular formula is C7H12BKN3-. The molecule has 12 heavy (non-hydrogen) atoms. The normalized spacial score (nSPS) is 20.7. The summed E-state index contributed by atoms with van der Waals surface area (Å²) in [6, 6.07) is 0. The van der Waals surface area contributed by atoms with E-state index >= 15 is 0 Å². The van der Waals surface area contributed by atoms with Gasteiger partial charge < -0.3 is 23.6 Å². The Morgan fingerprint density at radius 1 is 1.25 bits per heavy atom. The summed E-state index contributed by atoms with van der Waals surface area (Å²) in [5.41, 5.74) is 0. The summed E-state index contributed by atoms with van der Waals surface area (Å²) in [5.74, 6) is 1.01. The molecule has 2 rings (SSSR count). The number of nitrogens with zero attached hydrogens (tertiary/aromatic N) is 3. The fraction of sp³-hybridized carbons (Fsp3) is 0.857. The van der Waals surface area contributed by atoms with Crippen molar-refractivity contribution in [1.82, 2.24) is 4.90 Å². The van der Waals surface area contributed by atoms with Crippen LogP contribution in [0.5, 0.6) is 0 Å². The third-order valence-electron chi connectivity index (χ3n) is 1.96. The van der Waals surface area contributed by atoms with Gasteiger partial charge in [0.2, 0.25) is 0 Å². The predicted molar refractivity (Wildman–Crippen MR) is 47.1 cm³/mol. The average molecular weight is 188 g/mol. The van der Waals surface area contributed by atoms with Gasteiger partial charge >= 0.3 is 51.4 Å². The first-order valence-electron chi connectivity index (χ1n) is 3.94. The van der Waals surface area contributed by atoms with Crippen molar-refractivity contribution >= 4 is 14.4 Å². The van der Waals surface area contributed by atoms with Crippen LogP contribution in [0.4, 0.5) is 0 Å². The van der Waals surface area contributed by atoms with Gasteiger partial charge in [-0.1, -0.05) is 0 Å². The maximum atomic E-state index is 4.33. The molecule has 4 radical (unpaired) electrons. The Morgan fingerprint density at radius 2 is 2.00 bits per heavy atom. The number of hydrogen-bond acceptors (Lipinski definition) is 2. The van der Waals surface area contributed by atoms with Crippen LogP contribution in [-0.4, -0.2) is 45.5 Å². The number of fused-ring (bicyclic) bond motifs is 1. The van der Waals surface area contributed by atoms with Gasteiger partial charge in [0.05, 0.1) is 0 Å². The number of guanidine groups is 1. The van der Waals surface area contributed by atoms with Crippen molar-refractivity contribution < 1.29 is 51.4 Å². The SMILES string of the molecule is C1CN=C2[N-]CCCN2C1.[B-].[K+]. The van der Waals surface area contributed by atoms with E-state index in [1.54, 1.807) is 0 Å². The van der Waals surface area contributed by atoms with Gasteiger partial charge in [0, 0.05) is 5.96 Å². The van der Waals surface area contributed by atoms with Crippen LogP contribution in [0.3, 0.4) is 0 Å². The number of rotatable bonds is 0. The van der Waals surface area contributed by atoms with E-state index < -0.39 is 0 Å². The minimum atomic E-state index is 0. The molecule has 0 unspecified atom stereocenters. The van der Waals surface area contributed by atoms with Gasteiger partial charge in [-0.05, 0) is 39.0 Å². The Morgan fingerprint density at radius 3 is 2.75 bits per heavy atom. The molecule has 0 atom stereocenters. The molecule has 2 aliphatic rings. The first-order valence-corrected chi connectivity index (χ1v) is 3.94.